The first kappa shape index (κ1) is 28.7. The number of alkyl halides is 1. The zero-order chi connectivity index (χ0) is 29.6. The molecule has 1 saturated carbocycles. The molecule has 1 unspecified atom stereocenters. The summed E-state index contributed by atoms with van der Waals surface area (Å²) in [7, 11) is 2.17. The minimum atomic E-state index is -2.05. The Bertz CT molecular complexity index is 1450. The molecular weight excluding hydrogens is 541 g/mol. The van der Waals surface area contributed by atoms with Gasteiger partial charge in [0.2, 0.25) is 5.95 Å². The number of anilines is 3. The molecule has 10 heteroatoms. The lowest BCUT2D eigenvalue weighted by molar-refractivity contribution is -0.0475. The van der Waals surface area contributed by atoms with Gasteiger partial charge in [0.15, 0.2) is 17.4 Å². The van der Waals surface area contributed by atoms with Gasteiger partial charge in [-0.2, -0.15) is 4.39 Å². The minimum Gasteiger partial charge on any atom is -0.451 e. The van der Waals surface area contributed by atoms with E-state index in [1.165, 1.54) is 25.3 Å². The molecule has 2 aromatic heterocycles. The van der Waals surface area contributed by atoms with Crippen LogP contribution in [0, 0.1) is 11.6 Å². The van der Waals surface area contributed by atoms with Crippen LogP contribution < -0.4 is 15.0 Å². The van der Waals surface area contributed by atoms with Crippen LogP contribution in [-0.2, 0) is 0 Å². The van der Waals surface area contributed by atoms with Crippen molar-refractivity contribution in [1.29, 1.82) is 0 Å². The average molecular weight is 581 g/mol. The van der Waals surface area contributed by atoms with Crippen molar-refractivity contribution >= 4 is 17.5 Å². The molecule has 224 valence electrons. The Morgan fingerprint density at radius 2 is 1.74 bits per heavy atom. The van der Waals surface area contributed by atoms with Crippen LogP contribution in [0.25, 0.3) is 11.3 Å². The molecular formula is C32H39F3N6O. The Kier molecular flexibility index (Phi) is 7.76. The van der Waals surface area contributed by atoms with E-state index in [-0.39, 0.29) is 35.5 Å². The van der Waals surface area contributed by atoms with Crippen LogP contribution in [0.3, 0.4) is 0 Å². The van der Waals surface area contributed by atoms with Crippen molar-refractivity contribution < 1.29 is 17.9 Å². The SMILES string of the molecule is CC(C)N1CC(C)(F)Oc2c(F)cc(-c3nc(Nc4ccc(C5CCN(C)CC5)c(C5CCCC5)n4)ncc3F)cc21. The summed E-state index contributed by atoms with van der Waals surface area (Å²) in [6.45, 7) is 7.12. The van der Waals surface area contributed by atoms with E-state index in [1.807, 2.05) is 19.9 Å². The molecule has 1 saturated heterocycles. The van der Waals surface area contributed by atoms with Crippen molar-refractivity contribution in [2.45, 2.75) is 83.0 Å². The first-order chi connectivity index (χ1) is 20.1. The summed E-state index contributed by atoms with van der Waals surface area (Å²) in [5, 5.41) is 3.17. The van der Waals surface area contributed by atoms with Gasteiger partial charge in [0.25, 0.3) is 5.85 Å². The summed E-state index contributed by atoms with van der Waals surface area (Å²) in [6.07, 6.45) is 8.01. The van der Waals surface area contributed by atoms with Crippen LogP contribution >= 0.6 is 0 Å². The normalized spacial score (nSPS) is 22.0. The molecule has 0 amide bonds. The Morgan fingerprint density at radius 3 is 2.45 bits per heavy atom. The number of rotatable bonds is 6. The molecule has 0 spiro atoms. The van der Waals surface area contributed by atoms with Gasteiger partial charge in [-0.15, -0.1) is 0 Å². The van der Waals surface area contributed by atoms with Gasteiger partial charge in [0, 0.05) is 30.1 Å². The second-order valence-corrected chi connectivity index (χ2v) is 12.5. The highest BCUT2D eigenvalue weighted by Gasteiger charge is 2.39. The maximum atomic E-state index is 15.3. The summed E-state index contributed by atoms with van der Waals surface area (Å²) in [5.74, 6) is -2.03. The molecule has 6 rings (SSSR count). The second-order valence-electron chi connectivity index (χ2n) is 12.5. The van der Waals surface area contributed by atoms with E-state index in [0.717, 1.165) is 56.7 Å². The topological polar surface area (TPSA) is 66.4 Å². The van der Waals surface area contributed by atoms with Gasteiger partial charge in [-0.25, -0.2) is 23.7 Å². The third-order valence-corrected chi connectivity index (χ3v) is 8.84. The molecule has 3 aromatic rings. The highest BCUT2D eigenvalue weighted by Crippen LogP contribution is 2.44. The lowest BCUT2D eigenvalue weighted by Gasteiger charge is -2.40. The van der Waals surface area contributed by atoms with Gasteiger partial charge >= 0.3 is 0 Å². The Hall–Kier alpha value is -3.40. The van der Waals surface area contributed by atoms with Gasteiger partial charge in [-0.1, -0.05) is 18.9 Å². The molecule has 3 aliphatic rings. The van der Waals surface area contributed by atoms with E-state index < -0.39 is 17.5 Å². The molecule has 1 N–H and O–H groups in total. The number of nitrogens with one attached hydrogen (secondary N) is 1. The first-order valence-electron chi connectivity index (χ1n) is 15.1. The number of hydrogen-bond donors (Lipinski definition) is 1. The second kappa shape index (κ2) is 11.4. The maximum Gasteiger partial charge on any atom is 0.263 e. The maximum absolute atomic E-state index is 15.3. The fraction of sp³-hybridized carbons (Fsp3) is 0.531. The highest BCUT2D eigenvalue weighted by molar-refractivity contribution is 5.73. The van der Waals surface area contributed by atoms with E-state index in [9.17, 15) is 4.39 Å². The van der Waals surface area contributed by atoms with Gasteiger partial charge in [0.1, 0.15) is 11.5 Å². The fourth-order valence-corrected chi connectivity index (χ4v) is 6.62. The monoisotopic (exact) mass is 580 g/mol. The van der Waals surface area contributed by atoms with Crippen LogP contribution in [0.1, 0.15) is 82.4 Å². The van der Waals surface area contributed by atoms with Crippen LogP contribution in [0.5, 0.6) is 5.75 Å². The third-order valence-electron chi connectivity index (χ3n) is 8.84. The average Bonchev–Trinajstić information content (AvgIpc) is 3.49. The number of halogens is 3. The van der Waals surface area contributed by atoms with E-state index in [2.05, 4.69) is 33.3 Å². The minimum absolute atomic E-state index is 0.0644. The Balaban J connectivity index is 1.32. The zero-order valence-electron chi connectivity index (χ0n) is 24.8. The summed E-state index contributed by atoms with van der Waals surface area (Å²) in [4.78, 5) is 17.7. The first-order valence-corrected chi connectivity index (χ1v) is 15.1. The predicted molar refractivity (Wildman–Crippen MR) is 158 cm³/mol. The Labute approximate surface area is 245 Å². The van der Waals surface area contributed by atoms with Crippen LogP contribution in [0.4, 0.5) is 30.6 Å². The number of piperidine rings is 1. The molecule has 1 aliphatic carbocycles. The van der Waals surface area contributed by atoms with Crippen molar-refractivity contribution in [3.8, 4) is 17.0 Å². The third kappa shape index (κ3) is 5.78. The van der Waals surface area contributed by atoms with Crippen molar-refractivity contribution in [3.63, 3.8) is 0 Å². The predicted octanol–water partition coefficient (Wildman–Crippen LogP) is 7.32. The number of hydrogen-bond acceptors (Lipinski definition) is 7. The molecule has 7 nitrogen and oxygen atoms in total. The summed E-state index contributed by atoms with van der Waals surface area (Å²) >= 11 is 0. The van der Waals surface area contributed by atoms with E-state index in [0.29, 0.717) is 23.3 Å². The largest absolute Gasteiger partial charge is 0.451 e. The van der Waals surface area contributed by atoms with Gasteiger partial charge in [0.05, 0.1) is 18.4 Å². The fourth-order valence-electron chi connectivity index (χ4n) is 6.62. The summed E-state index contributed by atoms with van der Waals surface area (Å²) in [6, 6.07) is 6.71. The molecule has 4 heterocycles. The molecule has 0 bridgehead atoms. The number of ether oxygens (including phenoxy) is 1. The summed E-state index contributed by atoms with van der Waals surface area (Å²) in [5.41, 5.74) is 3.00. The van der Waals surface area contributed by atoms with Crippen molar-refractivity contribution in [2.24, 2.45) is 0 Å². The quantitative estimate of drug-likeness (QED) is 0.328. The lowest BCUT2D eigenvalue weighted by atomic mass is 9.85. The molecule has 1 atom stereocenters. The van der Waals surface area contributed by atoms with Gasteiger partial charge < -0.3 is 19.9 Å². The smallest absolute Gasteiger partial charge is 0.263 e. The molecule has 42 heavy (non-hydrogen) atoms. The molecule has 2 fully saturated rings. The van der Waals surface area contributed by atoms with E-state index in [4.69, 9.17) is 9.72 Å². The van der Waals surface area contributed by atoms with Crippen molar-refractivity contribution in [3.05, 3.63) is 53.4 Å². The van der Waals surface area contributed by atoms with E-state index in [1.54, 1.807) is 11.0 Å². The van der Waals surface area contributed by atoms with Crippen LogP contribution in [-0.4, -0.2) is 58.4 Å². The number of likely N-dealkylation sites (tertiary alicyclic amines) is 1. The lowest BCUT2D eigenvalue weighted by Crippen LogP contribution is -2.49. The number of fused-ring (bicyclic) bond motifs is 1. The molecule has 1 aromatic carbocycles. The molecule has 0 radical (unpaired) electrons. The van der Waals surface area contributed by atoms with Gasteiger partial charge in [-0.05, 0) is 89.3 Å². The number of nitrogens with zero attached hydrogens (tertiary/aromatic N) is 5. The number of pyridine rings is 1. The van der Waals surface area contributed by atoms with Crippen molar-refractivity contribution in [1.82, 2.24) is 19.9 Å². The van der Waals surface area contributed by atoms with Crippen molar-refractivity contribution in [2.75, 3.05) is 36.9 Å². The Morgan fingerprint density at radius 1 is 1.00 bits per heavy atom. The molecule has 2 aliphatic heterocycles. The summed E-state index contributed by atoms with van der Waals surface area (Å²) < 4.78 is 50.5. The number of aromatic nitrogens is 3. The zero-order valence-corrected chi connectivity index (χ0v) is 24.8. The number of benzene rings is 1. The standard InChI is InChI=1S/C32H39F3N6O/c1-19(2)41-18-32(3,35)42-30-24(33)15-22(16-26(30)41)29-25(34)17-36-31(39-29)38-27-10-9-23(20-11-13-40(4)14-12-20)28(37-27)21-7-5-6-8-21/h9-10,15-17,19-21H,5-8,11-14,18H2,1-4H3,(H,36,37,38,39). The van der Waals surface area contributed by atoms with Crippen LogP contribution in [0.15, 0.2) is 30.5 Å². The van der Waals surface area contributed by atoms with E-state index >= 15 is 8.78 Å². The van der Waals surface area contributed by atoms with Crippen LogP contribution in [0.2, 0.25) is 0 Å². The van der Waals surface area contributed by atoms with Gasteiger partial charge in [-0.3, -0.25) is 0 Å². The highest BCUT2D eigenvalue weighted by atomic mass is 19.2.